The van der Waals surface area contributed by atoms with E-state index in [0.717, 1.165) is 16.0 Å². The van der Waals surface area contributed by atoms with Gasteiger partial charge < -0.3 is 19.0 Å². The van der Waals surface area contributed by atoms with Gasteiger partial charge in [0.15, 0.2) is 5.76 Å². The third kappa shape index (κ3) is 4.73. The second kappa shape index (κ2) is 8.02. The molecule has 130 valence electrons. The normalized spacial score (nSPS) is 10.6. The highest BCUT2D eigenvalue weighted by atomic mass is 79.9. The molecule has 0 bridgehead atoms. The number of amides is 1. The lowest BCUT2D eigenvalue weighted by Crippen LogP contribution is -2.26. The van der Waals surface area contributed by atoms with Crippen molar-refractivity contribution in [2.24, 2.45) is 7.05 Å². The second-order valence-corrected chi connectivity index (χ2v) is 6.38. The summed E-state index contributed by atoms with van der Waals surface area (Å²) in [5.41, 5.74) is 0. The zero-order valence-corrected chi connectivity index (χ0v) is 15.3. The number of carbonyl (C=O) groups is 1. The predicted molar refractivity (Wildman–Crippen MR) is 96.4 cm³/mol. The molecule has 6 nitrogen and oxygen atoms in total. The number of hydrogen-bond donors (Lipinski definition) is 1. The Balaban J connectivity index is 1.47. The van der Waals surface area contributed by atoms with Crippen LogP contribution in [0.5, 0.6) is 5.75 Å². The molecule has 0 radical (unpaired) electrons. The monoisotopic (exact) mass is 403 g/mol. The Morgan fingerprint density at radius 3 is 2.80 bits per heavy atom. The maximum absolute atomic E-state index is 12.1. The fourth-order valence-corrected chi connectivity index (χ4v) is 2.54. The number of hydrogen-bond acceptors (Lipinski definition) is 4. The van der Waals surface area contributed by atoms with E-state index in [1.54, 1.807) is 18.3 Å². The van der Waals surface area contributed by atoms with Gasteiger partial charge in [0, 0.05) is 36.9 Å². The zero-order valence-electron chi connectivity index (χ0n) is 13.7. The molecule has 2 heterocycles. The van der Waals surface area contributed by atoms with Crippen LogP contribution in [0.4, 0.5) is 0 Å². The van der Waals surface area contributed by atoms with Crippen LogP contribution in [-0.4, -0.2) is 22.0 Å². The van der Waals surface area contributed by atoms with Crippen molar-refractivity contribution in [3.63, 3.8) is 0 Å². The Hall–Kier alpha value is -2.54. The minimum absolute atomic E-state index is 0.246. The van der Waals surface area contributed by atoms with Gasteiger partial charge in [0.2, 0.25) is 0 Å². The van der Waals surface area contributed by atoms with Crippen LogP contribution in [0.25, 0.3) is 0 Å². The summed E-state index contributed by atoms with van der Waals surface area (Å²) in [6.07, 6.45) is 4.28. The molecule has 1 N–H and O–H groups in total. The summed E-state index contributed by atoms with van der Waals surface area (Å²) < 4.78 is 14.1. The molecule has 25 heavy (non-hydrogen) atoms. The lowest BCUT2D eigenvalue weighted by molar-refractivity contribution is 0.0922. The number of ether oxygens (including phenoxy) is 1. The van der Waals surface area contributed by atoms with E-state index in [4.69, 9.17) is 9.15 Å². The Bertz CT molecular complexity index is 839. The third-order valence-corrected chi connectivity index (χ3v) is 4.16. The quantitative estimate of drug-likeness (QED) is 0.656. The van der Waals surface area contributed by atoms with Crippen molar-refractivity contribution in [2.45, 2.75) is 13.0 Å². The predicted octanol–water partition coefficient (Wildman–Crippen LogP) is 3.33. The molecule has 0 spiro atoms. The van der Waals surface area contributed by atoms with Crippen LogP contribution in [0.2, 0.25) is 0 Å². The standard InChI is InChI=1S/C18H18BrN3O3/c1-22-11-10-20-17(22)8-9-21-18(23)16-7-6-15(25-16)12-24-14-4-2-13(19)3-5-14/h2-7,10-11H,8-9,12H2,1H3,(H,21,23). The van der Waals surface area contributed by atoms with E-state index in [2.05, 4.69) is 26.2 Å². The molecule has 0 unspecified atom stereocenters. The van der Waals surface area contributed by atoms with E-state index < -0.39 is 0 Å². The molecule has 0 saturated heterocycles. The van der Waals surface area contributed by atoms with Crippen LogP contribution in [-0.2, 0) is 20.1 Å². The van der Waals surface area contributed by atoms with Crippen LogP contribution < -0.4 is 10.1 Å². The van der Waals surface area contributed by atoms with Crippen molar-refractivity contribution in [2.75, 3.05) is 6.54 Å². The van der Waals surface area contributed by atoms with Gasteiger partial charge in [-0.05, 0) is 36.4 Å². The topological polar surface area (TPSA) is 69.3 Å². The highest BCUT2D eigenvalue weighted by molar-refractivity contribution is 9.10. The number of imidazole rings is 1. The average Bonchev–Trinajstić information content (AvgIpc) is 3.24. The zero-order chi connectivity index (χ0) is 17.6. The van der Waals surface area contributed by atoms with Crippen LogP contribution in [0.3, 0.4) is 0 Å². The summed E-state index contributed by atoms with van der Waals surface area (Å²) in [6.45, 7) is 0.761. The van der Waals surface area contributed by atoms with Crippen LogP contribution in [0, 0.1) is 0 Å². The number of aromatic nitrogens is 2. The van der Waals surface area contributed by atoms with E-state index in [9.17, 15) is 4.79 Å². The first-order valence-corrected chi connectivity index (χ1v) is 8.62. The molecule has 0 fully saturated rings. The third-order valence-electron chi connectivity index (χ3n) is 3.64. The van der Waals surface area contributed by atoms with Gasteiger partial charge >= 0.3 is 0 Å². The number of nitrogens with one attached hydrogen (secondary N) is 1. The van der Waals surface area contributed by atoms with Gasteiger partial charge in [0.1, 0.15) is 23.9 Å². The first-order chi connectivity index (χ1) is 12.1. The van der Waals surface area contributed by atoms with E-state index in [-0.39, 0.29) is 18.3 Å². The van der Waals surface area contributed by atoms with Crippen molar-refractivity contribution in [3.8, 4) is 5.75 Å². The van der Waals surface area contributed by atoms with E-state index in [1.165, 1.54) is 0 Å². The summed E-state index contributed by atoms with van der Waals surface area (Å²) in [7, 11) is 1.92. The maximum Gasteiger partial charge on any atom is 0.287 e. The second-order valence-electron chi connectivity index (χ2n) is 5.47. The molecule has 1 aromatic carbocycles. The summed E-state index contributed by atoms with van der Waals surface area (Å²) in [5, 5.41) is 2.83. The number of nitrogens with zero attached hydrogens (tertiary/aromatic N) is 2. The molecule has 1 amide bonds. The Labute approximate surface area is 153 Å². The smallest absolute Gasteiger partial charge is 0.287 e. The Morgan fingerprint density at radius 2 is 2.08 bits per heavy atom. The lowest BCUT2D eigenvalue weighted by Gasteiger charge is -2.05. The van der Waals surface area contributed by atoms with Gasteiger partial charge in [-0.15, -0.1) is 0 Å². The molecule has 2 aromatic heterocycles. The molecule has 0 saturated carbocycles. The van der Waals surface area contributed by atoms with Gasteiger partial charge in [-0.1, -0.05) is 15.9 Å². The van der Waals surface area contributed by atoms with Crippen molar-refractivity contribution < 1.29 is 13.9 Å². The fourth-order valence-electron chi connectivity index (χ4n) is 2.28. The number of carbonyl (C=O) groups excluding carboxylic acids is 1. The first kappa shape index (κ1) is 17.3. The summed E-state index contributed by atoms with van der Waals surface area (Å²) in [4.78, 5) is 16.3. The van der Waals surface area contributed by atoms with Gasteiger partial charge in [0.25, 0.3) is 5.91 Å². The van der Waals surface area contributed by atoms with Crippen LogP contribution in [0.1, 0.15) is 22.1 Å². The maximum atomic E-state index is 12.1. The van der Waals surface area contributed by atoms with Crippen molar-refractivity contribution in [3.05, 3.63) is 70.6 Å². The van der Waals surface area contributed by atoms with Crippen LogP contribution in [0.15, 0.2) is 57.7 Å². The average molecular weight is 404 g/mol. The number of furan rings is 1. The van der Waals surface area contributed by atoms with Gasteiger partial charge in [0.05, 0.1) is 0 Å². The molecule has 0 aliphatic carbocycles. The molecular formula is C18H18BrN3O3. The fraction of sp³-hybridized carbons (Fsp3) is 0.222. The highest BCUT2D eigenvalue weighted by Crippen LogP contribution is 2.18. The number of aryl methyl sites for hydroxylation is 1. The van der Waals surface area contributed by atoms with Gasteiger partial charge in [-0.25, -0.2) is 4.98 Å². The minimum atomic E-state index is -0.246. The molecule has 0 aliphatic heterocycles. The molecule has 0 atom stereocenters. The van der Waals surface area contributed by atoms with Gasteiger partial charge in [-0.2, -0.15) is 0 Å². The lowest BCUT2D eigenvalue weighted by atomic mass is 10.3. The van der Waals surface area contributed by atoms with E-state index in [1.807, 2.05) is 42.1 Å². The number of halogens is 1. The van der Waals surface area contributed by atoms with Crippen molar-refractivity contribution in [1.82, 2.24) is 14.9 Å². The summed E-state index contributed by atoms with van der Waals surface area (Å²) >= 11 is 3.37. The SMILES string of the molecule is Cn1ccnc1CCNC(=O)c1ccc(COc2ccc(Br)cc2)o1. The first-order valence-electron chi connectivity index (χ1n) is 7.83. The summed E-state index contributed by atoms with van der Waals surface area (Å²) in [5.74, 6) is 2.28. The minimum Gasteiger partial charge on any atom is -0.486 e. The largest absolute Gasteiger partial charge is 0.486 e. The molecule has 0 aliphatic rings. The van der Waals surface area contributed by atoms with Crippen molar-refractivity contribution in [1.29, 1.82) is 0 Å². The number of benzene rings is 1. The van der Waals surface area contributed by atoms with E-state index >= 15 is 0 Å². The highest BCUT2D eigenvalue weighted by Gasteiger charge is 2.11. The summed E-state index contributed by atoms with van der Waals surface area (Å²) in [6, 6.07) is 10.9. The molecular weight excluding hydrogens is 386 g/mol. The molecule has 7 heteroatoms. The van der Waals surface area contributed by atoms with Gasteiger partial charge in [-0.3, -0.25) is 4.79 Å². The number of rotatable bonds is 7. The molecule has 3 rings (SSSR count). The van der Waals surface area contributed by atoms with Crippen LogP contribution >= 0.6 is 15.9 Å². The van der Waals surface area contributed by atoms with E-state index in [0.29, 0.717) is 18.7 Å². The van der Waals surface area contributed by atoms with Crippen molar-refractivity contribution >= 4 is 21.8 Å². The Morgan fingerprint density at radius 1 is 1.28 bits per heavy atom. The molecule has 3 aromatic rings. The Kier molecular flexibility index (Phi) is 5.55.